The molecule has 1 unspecified atom stereocenters. The molecule has 178 valence electrons. The summed E-state index contributed by atoms with van der Waals surface area (Å²) in [5.74, 6) is -0.0972. The quantitative estimate of drug-likeness (QED) is 0.616. The topological polar surface area (TPSA) is 63.6 Å². The number of alkyl halides is 1. The number of ether oxygens (including phenoxy) is 2. The van der Waals surface area contributed by atoms with Gasteiger partial charge in [0.05, 0.1) is 16.5 Å². The summed E-state index contributed by atoms with van der Waals surface area (Å²) in [6.45, 7) is 3.84. The second-order valence-electron chi connectivity index (χ2n) is 9.98. The van der Waals surface area contributed by atoms with Gasteiger partial charge in [0.1, 0.15) is 24.1 Å². The summed E-state index contributed by atoms with van der Waals surface area (Å²) in [6.07, 6.45) is 7.06. The van der Waals surface area contributed by atoms with Crippen molar-refractivity contribution in [1.29, 1.82) is 0 Å². The van der Waals surface area contributed by atoms with E-state index in [-0.39, 0.29) is 34.4 Å². The van der Waals surface area contributed by atoms with Crippen molar-refractivity contribution >= 4 is 28.3 Å². The van der Waals surface area contributed by atoms with Crippen molar-refractivity contribution in [1.82, 2.24) is 19.9 Å². The number of pyridine rings is 1. The first-order valence-electron chi connectivity index (χ1n) is 11.9. The molecule has 0 N–H and O–H groups in total. The molecule has 2 aromatic rings. The van der Waals surface area contributed by atoms with Crippen molar-refractivity contribution in [2.45, 2.75) is 62.3 Å². The fourth-order valence-corrected chi connectivity index (χ4v) is 6.45. The number of nitrogens with zero attached hydrogens (tertiary/aromatic N) is 5. The Bertz CT molecular complexity index is 1070. The van der Waals surface area contributed by atoms with Gasteiger partial charge in [0.2, 0.25) is 0 Å². The van der Waals surface area contributed by atoms with E-state index in [0.29, 0.717) is 30.7 Å². The van der Waals surface area contributed by atoms with Crippen LogP contribution in [-0.2, 0) is 4.74 Å². The van der Waals surface area contributed by atoms with Crippen LogP contribution in [0.4, 0.5) is 14.6 Å². The van der Waals surface area contributed by atoms with Crippen LogP contribution in [0.3, 0.4) is 0 Å². The Kier molecular flexibility index (Phi) is 5.34. The van der Waals surface area contributed by atoms with Crippen LogP contribution >= 0.6 is 11.6 Å². The lowest BCUT2D eigenvalue weighted by Gasteiger charge is -2.40. The van der Waals surface area contributed by atoms with Crippen LogP contribution in [0.15, 0.2) is 6.20 Å². The zero-order valence-corrected chi connectivity index (χ0v) is 19.3. The molecule has 1 spiro atoms. The van der Waals surface area contributed by atoms with Gasteiger partial charge < -0.3 is 14.4 Å². The monoisotopic (exact) mass is 479 g/mol. The summed E-state index contributed by atoms with van der Waals surface area (Å²) in [5.41, 5.74) is -0.421. The third-order valence-corrected chi connectivity index (χ3v) is 8.12. The Morgan fingerprint density at radius 2 is 2.03 bits per heavy atom. The summed E-state index contributed by atoms with van der Waals surface area (Å²) in [7, 11) is 0. The second-order valence-corrected chi connectivity index (χ2v) is 10.3. The van der Waals surface area contributed by atoms with Gasteiger partial charge in [-0.1, -0.05) is 11.6 Å². The van der Waals surface area contributed by atoms with Gasteiger partial charge in [0.15, 0.2) is 11.0 Å². The van der Waals surface area contributed by atoms with Gasteiger partial charge in [-0.15, -0.1) is 0 Å². The molecule has 33 heavy (non-hydrogen) atoms. The first-order chi connectivity index (χ1) is 16.0. The lowest BCUT2D eigenvalue weighted by atomic mass is 9.90. The molecule has 0 aliphatic carbocycles. The van der Waals surface area contributed by atoms with Crippen LogP contribution in [0.1, 0.15) is 44.9 Å². The van der Waals surface area contributed by atoms with Crippen molar-refractivity contribution in [2.24, 2.45) is 0 Å². The van der Waals surface area contributed by atoms with Crippen molar-refractivity contribution in [3.05, 3.63) is 17.2 Å². The predicted octanol–water partition coefficient (Wildman–Crippen LogP) is 3.92. The number of hydrogen-bond donors (Lipinski definition) is 0. The van der Waals surface area contributed by atoms with E-state index in [9.17, 15) is 8.78 Å². The molecule has 0 saturated carbocycles. The molecule has 10 heteroatoms. The molecular weight excluding hydrogens is 452 g/mol. The molecule has 2 aromatic heterocycles. The van der Waals surface area contributed by atoms with E-state index in [4.69, 9.17) is 26.1 Å². The average Bonchev–Trinajstić information content (AvgIpc) is 3.49. The molecular formula is C23H28ClF2N5O2. The van der Waals surface area contributed by atoms with Crippen LogP contribution in [0.25, 0.3) is 10.9 Å². The maximum atomic E-state index is 15.0. The van der Waals surface area contributed by atoms with Gasteiger partial charge in [0, 0.05) is 38.9 Å². The molecule has 4 aliphatic heterocycles. The van der Waals surface area contributed by atoms with Crippen LogP contribution < -0.4 is 9.64 Å². The van der Waals surface area contributed by atoms with E-state index in [2.05, 4.69) is 19.8 Å². The van der Waals surface area contributed by atoms with E-state index in [1.54, 1.807) is 0 Å². The van der Waals surface area contributed by atoms with Crippen molar-refractivity contribution < 1.29 is 18.3 Å². The first kappa shape index (κ1) is 21.7. The van der Waals surface area contributed by atoms with Gasteiger partial charge in [-0.3, -0.25) is 4.90 Å². The fraction of sp³-hybridized carbons (Fsp3) is 0.696. The van der Waals surface area contributed by atoms with Gasteiger partial charge in [-0.2, -0.15) is 9.97 Å². The highest BCUT2D eigenvalue weighted by atomic mass is 35.5. The third kappa shape index (κ3) is 3.72. The highest BCUT2D eigenvalue weighted by Gasteiger charge is 2.49. The lowest BCUT2D eigenvalue weighted by molar-refractivity contribution is -0.00633. The molecule has 4 fully saturated rings. The summed E-state index contributed by atoms with van der Waals surface area (Å²) in [5, 5.41) is 0.272. The van der Waals surface area contributed by atoms with Crippen LogP contribution in [0, 0.1) is 5.82 Å². The SMILES string of the molecule is Fc1c(Cl)ncc2c(N3CCCC4(CCCO4)C3)nc(OC[C@@]34CCCN3C[C@H](F)C4)nc12. The molecule has 0 aromatic carbocycles. The highest BCUT2D eigenvalue weighted by molar-refractivity contribution is 6.30. The van der Waals surface area contributed by atoms with Crippen LogP contribution in [-0.4, -0.2) is 76.6 Å². The van der Waals surface area contributed by atoms with E-state index in [1.165, 1.54) is 6.20 Å². The van der Waals surface area contributed by atoms with E-state index >= 15 is 0 Å². The van der Waals surface area contributed by atoms with Gasteiger partial charge in [-0.05, 0) is 45.1 Å². The van der Waals surface area contributed by atoms with Crippen molar-refractivity contribution in [2.75, 3.05) is 44.3 Å². The summed E-state index contributed by atoms with van der Waals surface area (Å²) in [4.78, 5) is 17.4. The Balaban J connectivity index is 1.35. The first-order valence-corrected chi connectivity index (χ1v) is 12.3. The molecule has 7 nitrogen and oxygen atoms in total. The predicted molar refractivity (Wildman–Crippen MR) is 120 cm³/mol. The molecule has 4 aliphatic rings. The normalized spacial score (nSPS) is 32.2. The number of aromatic nitrogens is 3. The number of fused-ring (bicyclic) bond motifs is 2. The molecule has 4 saturated heterocycles. The number of rotatable bonds is 4. The van der Waals surface area contributed by atoms with Gasteiger partial charge >= 0.3 is 6.01 Å². The number of halogens is 3. The maximum absolute atomic E-state index is 15.0. The summed E-state index contributed by atoms with van der Waals surface area (Å²) < 4.78 is 41.3. The Morgan fingerprint density at radius 3 is 2.88 bits per heavy atom. The second kappa shape index (κ2) is 8.13. The smallest absolute Gasteiger partial charge is 0.319 e. The maximum Gasteiger partial charge on any atom is 0.319 e. The number of piperidine rings is 1. The Morgan fingerprint density at radius 1 is 1.18 bits per heavy atom. The number of anilines is 1. The molecule has 3 atom stereocenters. The molecule has 6 heterocycles. The minimum Gasteiger partial charge on any atom is -0.461 e. The zero-order valence-electron chi connectivity index (χ0n) is 18.5. The van der Waals surface area contributed by atoms with Crippen LogP contribution in [0.5, 0.6) is 6.01 Å². The van der Waals surface area contributed by atoms with Crippen LogP contribution in [0.2, 0.25) is 5.15 Å². The standard InChI is InChI=1S/C23H28ClF2N5O2/c24-19-17(26)18-16(11-27-19)20(30-7-2-5-23(13-30)6-3-9-33-23)29-21(28-18)32-14-22-4-1-8-31(22)12-15(25)10-22/h11,15H,1-10,12-14H2/t15-,22+,23?/m1/s1. The molecule has 0 bridgehead atoms. The molecule has 0 amide bonds. The highest BCUT2D eigenvalue weighted by Crippen LogP contribution is 2.41. The minimum absolute atomic E-state index is 0.0918. The van der Waals surface area contributed by atoms with Gasteiger partial charge in [0.25, 0.3) is 0 Å². The summed E-state index contributed by atoms with van der Waals surface area (Å²) in [6, 6.07) is 0.0918. The molecule has 6 rings (SSSR count). The fourth-order valence-electron chi connectivity index (χ4n) is 6.31. The minimum atomic E-state index is -0.847. The Hall–Kier alpha value is -1.84. The Labute approximate surface area is 196 Å². The van der Waals surface area contributed by atoms with Crippen molar-refractivity contribution in [3.8, 4) is 6.01 Å². The van der Waals surface area contributed by atoms with E-state index in [0.717, 1.165) is 58.2 Å². The number of hydrogen-bond acceptors (Lipinski definition) is 7. The van der Waals surface area contributed by atoms with E-state index in [1.807, 2.05) is 0 Å². The largest absolute Gasteiger partial charge is 0.461 e. The average molecular weight is 480 g/mol. The zero-order chi connectivity index (χ0) is 22.6. The third-order valence-electron chi connectivity index (χ3n) is 7.86. The van der Waals surface area contributed by atoms with Crippen molar-refractivity contribution in [3.63, 3.8) is 0 Å². The lowest BCUT2D eigenvalue weighted by Crippen LogP contribution is -2.48. The molecule has 0 radical (unpaired) electrons. The van der Waals surface area contributed by atoms with Gasteiger partial charge in [-0.25, -0.2) is 13.8 Å². The summed E-state index contributed by atoms with van der Waals surface area (Å²) >= 11 is 5.98. The van der Waals surface area contributed by atoms with E-state index < -0.39 is 12.0 Å².